The van der Waals surface area contributed by atoms with E-state index in [1.807, 2.05) is 31.2 Å². The maximum absolute atomic E-state index is 5.54. The Kier molecular flexibility index (Phi) is 6.99. The molecule has 1 aromatic carbocycles. The molecule has 0 aliphatic rings. The maximum atomic E-state index is 5.54. The first-order valence-electron chi connectivity index (χ1n) is 7.60. The van der Waals surface area contributed by atoms with Crippen molar-refractivity contribution in [3.63, 3.8) is 0 Å². The van der Waals surface area contributed by atoms with Crippen LogP contribution in [0, 0.1) is 6.92 Å². The van der Waals surface area contributed by atoms with Crippen LogP contribution in [-0.4, -0.2) is 23.1 Å². The number of nitrogens with zero attached hydrogens (tertiary/aromatic N) is 3. The van der Waals surface area contributed by atoms with E-state index in [1.165, 1.54) is 11.8 Å². The highest BCUT2D eigenvalue weighted by atomic mass is 127. The van der Waals surface area contributed by atoms with Gasteiger partial charge >= 0.3 is 0 Å². The van der Waals surface area contributed by atoms with E-state index in [2.05, 4.69) is 25.8 Å². The molecule has 7 nitrogen and oxygen atoms in total. The lowest BCUT2D eigenvalue weighted by molar-refractivity contribution is 0.410. The first-order chi connectivity index (χ1) is 11.7. The lowest BCUT2D eigenvalue weighted by Gasteiger charge is -2.09. The van der Waals surface area contributed by atoms with E-state index in [9.17, 15) is 0 Å². The molecule has 0 bridgehead atoms. The van der Waals surface area contributed by atoms with E-state index in [4.69, 9.17) is 8.94 Å². The molecule has 0 unspecified atom stereocenters. The zero-order valence-corrected chi connectivity index (χ0v) is 16.4. The number of aryl methyl sites for hydroxylation is 1. The number of benzene rings is 1. The van der Waals surface area contributed by atoms with E-state index in [1.54, 1.807) is 19.4 Å². The summed E-state index contributed by atoms with van der Waals surface area (Å²) in [6.45, 7) is 3.09. The molecule has 0 aliphatic heterocycles. The Balaban J connectivity index is 0.00000225. The van der Waals surface area contributed by atoms with Crippen molar-refractivity contribution in [1.82, 2.24) is 20.8 Å². The largest absolute Gasteiger partial charge is 0.444 e. The summed E-state index contributed by atoms with van der Waals surface area (Å²) in [5, 5.41) is 10.2. The van der Waals surface area contributed by atoms with Crippen LogP contribution in [0.5, 0.6) is 0 Å². The molecule has 2 N–H and O–H groups in total. The Morgan fingerprint density at radius 1 is 1.08 bits per heavy atom. The molecule has 132 valence electrons. The Morgan fingerprint density at radius 2 is 1.80 bits per heavy atom. The number of halogens is 1. The minimum absolute atomic E-state index is 0. The second-order valence-corrected chi connectivity index (χ2v) is 5.28. The summed E-state index contributed by atoms with van der Waals surface area (Å²) >= 11 is 0. The molecule has 0 amide bonds. The van der Waals surface area contributed by atoms with Gasteiger partial charge in [0.25, 0.3) is 0 Å². The van der Waals surface area contributed by atoms with Gasteiger partial charge in [0.05, 0.1) is 18.8 Å². The van der Waals surface area contributed by atoms with Crippen LogP contribution in [-0.2, 0) is 13.1 Å². The lowest BCUT2D eigenvalue weighted by atomic mass is 10.1. The summed E-state index contributed by atoms with van der Waals surface area (Å²) < 4.78 is 10.3. The number of hydrogen-bond donors (Lipinski definition) is 2. The third kappa shape index (κ3) is 5.31. The van der Waals surface area contributed by atoms with Crippen molar-refractivity contribution in [2.45, 2.75) is 20.0 Å². The SMILES string of the molecule is CN=C(NCc1ccon1)NCc1coc(-c2ccc(C)cc2)n1.I. The van der Waals surface area contributed by atoms with Crippen molar-refractivity contribution < 1.29 is 8.94 Å². The molecule has 0 radical (unpaired) electrons. The van der Waals surface area contributed by atoms with Crippen LogP contribution in [0.15, 0.2) is 56.8 Å². The van der Waals surface area contributed by atoms with Gasteiger partial charge in [-0.05, 0) is 19.1 Å². The maximum Gasteiger partial charge on any atom is 0.226 e. The molecule has 0 atom stereocenters. The van der Waals surface area contributed by atoms with Crippen LogP contribution in [0.2, 0.25) is 0 Å². The second-order valence-electron chi connectivity index (χ2n) is 5.28. The standard InChI is InChI=1S/C17H19N5O2.HI/c1-12-3-5-13(6-4-12)16-21-15(11-23-16)10-20-17(18-2)19-9-14-7-8-24-22-14;/h3-8,11H,9-10H2,1-2H3,(H2,18,19,20);1H. The van der Waals surface area contributed by atoms with E-state index >= 15 is 0 Å². The number of rotatable bonds is 5. The number of hydrogen-bond acceptors (Lipinski definition) is 5. The molecule has 0 aliphatic carbocycles. The third-order valence-electron chi connectivity index (χ3n) is 3.44. The predicted molar refractivity (Wildman–Crippen MR) is 106 cm³/mol. The molecular formula is C17H20IN5O2. The van der Waals surface area contributed by atoms with Gasteiger partial charge in [-0.2, -0.15) is 0 Å². The zero-order valence-electron chi connectivity index (χ0n) is 14.0. The highest BCUT2D eigenvalue weighted by Gasteiger charge is 2.07. The first-order valence-corrected chi connectivity index (χ1v) is 7.60. The summed E-state index contributed by atoms with van der Waals surface area (Å²) in [6, 6.07) is 9.86. The van der Waals surface area contributed by atoms with Gasteiger partial charge in [0.1, 0.15) is 18.2 Å². The van der Waals surface area contributed by atoms with Crippen LogP contribution in [0.1, 0.15) is 17.0 Å². The second kappa shape index (κ2) is 9.21. The van der Waals surface area contributed by atoms with Crippen molar-refractivity contribution in [3.05, 3.63) is 59.8 Å². The highest BCUT2D eigenvalue weighted by Crippen LogP contribution is 2.18. The summed E-state index contributed by atoms with van der Waals surface area (Å²) in [7, 11) is 1.71. The van der Waals surface area contributed by atoms with Crippen LogP contribution >= 0.6 is 24.0 Å². The molecule has 0 saturated heterocycles. The molecule has 2 heterocycles. The Hall–Kier alpha value is -2.36. The van der Waals surface area contributed by atoms with Gasteiger partial charge in [-0.3, -0.25) is 4.99 Å². The Bertz CT molecular complexity index is 797. The monoisotopic (exact) mass is 453 g/mol. The molecule has 3 rings (SSSR count). The molecule has 8 heteroatoms. The minimum atomic E-state index is 0. The predicted octanol–water partition coefficient (Wildman–Crippen LogP) is 3.12. The lowest BCUT2D eigenvalue weighted by Crippen LogP contribution is -2.36. The smallest absolute Gasteiger partial charge is 0.226 e. The van der Waals surface area contributed by atoms with Gasteiger partial charge in [-0.1, -0.05) is 22.9 Å². The fourth-order valence-electron chi connectivity index (χ4n) is 2.11. The van der Waals surface area contributed by atoms with Gasteiger partial charge in [0, 0.05) is 18.7 Å². The number of guanidine groups is 1. The molecular weight excluding hydrogens is 433 g/mol. The Morgan fingerprint density at radius 3 is 2.44 bits per heavy atom. The summed E-state index contributed by atoms with van der Waals surface area (Å²) in [6.07, 6.45) is 3.18. The van der Waals surface area contributed by atoms with Crippen molar-refractivity contribution in [2.24, 2.45) is 4.99 Å². The first kappa shape index (κ1) is 19.0. The number of aliphatic imine (C=N–C) groups is 1. The van der Waals surface area contributed by atoms with E-state index in [0.717, 1.165) is 17.0 Å². The molecule has 0 fully saturated rings. The number of nitrogens with one attached hydrogen (secondary N) is 2. The van der Waals surface area contributed by atoms with Gasteiger partial charge in [-0.25, -0.2) is 4.98 Å². The van der Waals surface area contributed by atoms with Gasteiger partial charge in [0.15, 0.2) is 5.96 Å². The van der Waals surface area contributed by atoms with E-state index in [0.29, 0.717) is 24.9 Å². The molecule has 0 saturated carbocycles. The topological polar surface area (TPSA) is 88.5 Å². The molecule has 2 aromatic heterocycles. The summed E-state index contributed by atoms with van der Waals surface area (Å²) in [4.78, 5) is 8.64. The highest BCUT2D eigenvalue weighted by molar-refractivity contribution is 14.0. The number of aromatic nitrogens is 2. The van der Waals surface area contributed by atoms with Crippen LogP contribution in [0.25, 0.3) is 11.5 Å². The van der Waals surface area contributed by atoms with Crippen molar-refractivity contribution in [1.29, 1.82) is 0 Å². The number of oxazole rings is 1. The molecule has 25 heavy (non-hydrogen) atoms. The average molecular weight is 453 g/mol. The van der Waals surface area contributed by atoms with Crippen molar-refractivity contribution in [3.8, 4) is 11.5 Å². The van der Waals surface area contributed by atoms with Crippen LogP contribution < -0.4 is 10.6 Å². The van der Waals surface area contributed by atoms with E-state index in [-0.39, 0.29) is 24.0 Å². The van der Waals surface area contributed by atoms with Crippen molar-refractivity contribution >= 4 is 29.9 Å². The average Bonchev–Trinajstić information content (AvgIpc) is 3.27. The van der Waals surface area contributed by atoms with Gasteiger partial charge in [-0.15, -0.1) is 24.0 Å². The molecule has 3 aromatic rings. The van der Waals surface area contributed by atoms with Crippen LogP contribution in [0.3, 0.4) is 0 Å². The summed E-state index contributed by atoms with van der Waals surface area (Å²) in [5.74, 6) is 1.26. The fourth-order valence-corrected chi connectivity index (χ4v) is 2.11. The summed E-state index contributed by atoms with van der Waals surface area (Å²) in [5.41, 5.74) is 3.77. The Labute approximate surface area is 162 Å². The normalized spacial score (nSPS) is 11.0. The zero-order chi connectivity index (χ0) is 16.8. The van der Waals surface area contributed by atoms with Crippen LogP contribution in [0.4, 0.5) is 0 Å². The quantitative estimate of drug-likeness (QED) is 0.351. The molecule has 0 spiro atoms. The third-order valence-corrected chi connectivity index (χ3v) is 3.44. The van der Waals surface area contributed by atoms with Gasteiger partial charge < -0.3 is 19.6 Å². The minimum Gasteiger partial charge on any atom is -0.444 e. The van der Waals surface area contributed by atoms with Crippen molar-refractivity contribution in [2.75, 3.05) is 7.05 Å². The fraction of sp³-hybridized carbons (Fsp3) is 0.235. The van der Waals surface area contributed by atoms with Gasteiger partial charge in [0.2, 0.25) is 5.89 Å². The van der Waals surface area contributed by atoms with E-state index < -0.39 is 0 Å².